The molecule has 0 rings (SSSR count). The molecule has 5 nitrogen and oxygen atoms in total. The van der Waals surface area contributed by atoms with Crippen molar-refractivity contribution in [3.05, 3.63) is 0 Å². The van der Waals surface area contributed by atoms with Gasteiger partial charge in [-0.1, -0.05) is 0 Å². The predicted octanol–water partition coefficient (Wildman–Crippen LogP) is 0.748. The zero-order valence-electron chi connectivity index (χ0n) is 9.08. The highest BCUT2D eigenvalue weighted by molar-refractivity contribution is 5.83. The Balaban J connectivity index is 3.97. The molecular formula is C10H16N2O3. The van der Waals surface area contributed by atoms with E-state index in [1.165, 1.54) is 14.0 Å². The molecule has 0 aromatic heterocycles. The molecule has 1 atom stereocenters. The maximum Gasteiger partial charge on any atom is 0.328 e. The highest BCUT2D eigenvalue weighted by atomic mass is 16.5. The summed E-state index contributed by atoms with van der Waals surface area (Å²) >= 11 is 0. The zero-order valence-corrected chi connectivity index (χ0v) is 9.08. The van der Waals surface area contributed by atoms with Crippen LogP contribution < -0.4 is 5.32 Å². The Labute approximate surface area is 89.4 Å². The Bertz CT molecular complexity index is 258. The van der Waals surface area contributed by atoms with Gasteiger partial charge in [0.1, 0.15) is 6.04 Å². The number of nitrogens with zero attached hydrogens (tertiary/aromatic N) is 1. The maximum absolute atomic E-state index is 11.2. The monoisotopic (exact) mass is 212 g/mol. The lowest BCUT2D eigenvalue weighted by molar-refractivity contribution is -0.145. The van der Waals surface area contributed by atoms with Gasteiger partial charge in [0.2, 0.25) is 5.91 Å². The fraction of sp³-hybridized carbons (Fsp3) is 0.700. The molecular weight excluding hydrogens is 196 g/mol. The van der Waals surface area contributed by atoms with Gasteiger partial charge in [-0.25, -0.2) is 4.79 Å². The predicted molar refractivity (Wildman–Crippen MR) is 53.7 cm³/mol. The molecule has 0 aromatic rings. The van der Waals surface area contributed by atoms with Gasteiger partial charge in [0.25, 0.3) is 0 Å². The Morgan fingerprint density at radius 1 is 1.47 bits per heavy atom. The summed E-state index contributed by atoms with van der Waals surface area (Å²) < 4.78 is 4.55. The molecule has 1 amide bonds. The lowest BCUT2D eigenvalue weighted by Crippen LogP contribution is -2.40. The SMILES string of the molecule is COC(=O)[C@@H](CCCCC#N)NC(C)=O. The van der Waals surface area contributed by atoms with Crippen molar-refractivity contribution < 1.29 is 14.3 Å². The lowest BCUT2D eigenvalue weighted by Gasteiger charge is -2.14. The molecule has 0 fully saturated rings. The molecule has 1 N–H and O–H groups in total. The van der Waals surface area contributed by atoms with Crippen molar-refractivity contribution in [1.82, 2.24) is 5.32 Å². The van der Waals surface area contributed by atoms with Crippen LogP contribution in [0, 0.1) is 11.3 Å². The van der Waals surface area contributed by atoms with E-state index < -0.39 is 12.0 Å². The fourth-order valence-electron chi connectivity index (χ4n) is 1.19. The first-order valence-electron chi connectivity index (χ1n) is 4.83. The van der Waals surface area contributed by atoms with Gasteiger partial charge in [0.05, 0.1) is 13.2 Å². The minimum atomic E-state index is -0.591. The van der Waals surface area contributed by atoms with Crippen molar-refractivity contribution in [3.8, 4) is 6.07 Å². The van der Waals surface area contributed by atoms with E-state index in [9.17, 15) is 9.59 Å². The standard InChI is InChI=1S/C10H16N2O3/c1-8(13)12-9(10(14)15-2)6-4-3-5-7-11/h9H,3-6H2,1-2H3,(H,12,13)/t9-/m1/s1. The third kappa shape index (κ3) is 6.49. The average molecular weight is 212 g/mol. The highest BCUT2D eigenvalue weighted by Crippen LogP contribution is 2.04. The van der Waals surface area contributed by atoms with E-state index in [1.54, 1.807) is 0 Å². The highest BCUT2D eigenvalue weighted by Gasteiger charge is 2.18. The first-order valence-corrected chi connectivity index (χ1v) is 4.83. The molecule has 0 spiro atoms. The Morgan fingerprint density at radius 2 is 2.13 bits per heavy atom. The van der Waals surface area contributed by atoms with E-state index in [0.29, 0.717) is 19.3 Å². The second kappa shape index (κ2) is 7.80. The average Bonchev–Trinajstić information content (AvgIpc) is 2.21. The first-order chi connectivity index (χ1) is 7.11. The minimum absolute atomic E-state index is 0.259. The van der Waals surface area contributed by atoms with Gasteiger partial charge in [0, 0.05) is 13.3 Å². The number of carbonyl (C=O) groups excluding carboxylic acids is 2. The minimum Gasteiger partial charge on any atom is -0.467 e. The van der Waals surface area contributed by atoms with E-state index in [-0.39, 0.29) is 5.91 Å². The summed E-state index contributed by atoms with van der Waals surface area (Å²) in [7, 11) is 1.28. The summed E-state index contributed by atoms with van der Waals surface area (Å²) in [5, 5.41) is 10.8. The number of rotatable bonds is 6. The molecule has 0 aliphatic heterocycles. The van der Waals surface area contributed by atoms with Crippen molar-refractivity contribution in [2.45, 2.75) is 38.6 Å². The van der Waals surface area contributed by atoms with E-state index in [1.807, 2.05) is 6.07 Å². The molecule has 0 radical (unpaired) electrons. The molecule has 15 heavy (non-hydrogen) atoms. The normalized spacial score (nSPS) is 11.3. The van der Waals surface area contributed by atoms with E-state index in [0.717, 1.165) is 6.42 Å². The van der Waals surface area contributed by atoms with Crippen molar-refractivity contribution >= 4 is 11.9 Å². The Kier molecular flexibility index (Phi) is 6.98. The molecule has 0 saturated heterocycles. The Morgan fingerprint density at radius 3 is 2.60 bits per heavy atom. The summed E-state index contributed by atoms with van der Waals surface area (Å²) in [5.41, 5.74) is 0. The number of nitrogens with one attached hydrogen (secondary N) is 1. The van der Waals surface area contributed by atoms with Crippen LogP contribution in [0.4, 0.5) is 0 Å². The summed E-state index contributed by atoms with van der Waals surface area (Å²) in [6, 6.07) is 1.43. The van der Waals surface area contributed by atoms with Crippen LogP contribution in [0.3, 0.4) is 0 Å². The van der Waals surface area contributed by atoms with E-state index in [4.69, 9.17) is 5.26 Å². The number of hydrogen-bond acceptors (Lipinski definition) is 4. The largest absolute Gasteiger partial charge is 0.467 e. The first kappa shape index (κ1) is 13.4. The van der Waals surface area contributed by atoms with Crippen LogP contribution in [0.2, 0.25) is 0 Å². The number of ether oxygens (including phenoxy) is 1. The summed E-state index contributed by atoms with van der Waals surface area (Å²) in [6.45, 7) is 1.35. The van der Waals surface area contributed by atoms with Crippen molar-refractivity contribution in [2.75, 3.05) is 7.11 Å². The number of hydrogen-bond donors (Lipinski definition) is 1. The molecule has 0 bridgehead atoms. The van der Waals surface area contributed by atoms with E-state index >= 15 is 0 Å². The second-order valence-electron chi connectivity index (χ2n) is 3.18. The number of methoxy groups -OCH3 is 1. The molecule has 0 aliphatic rings. The maximum atomic E-state index is 11.2. The Hall–Kier alpha value is -1.57. The molecule has 84 valence electrons. The lowest BCUT2D eigenvalue weighted by atomic mass is 10.1. The third-order valence-electron chi connectivity index (χ3n) is 1.89. The van der Waals surface area contributed by atoms with Crippen LogP contribution in [-0.2, 0) is 14.3 Å². The van der Waals surface area contributed by atoms with Crippen LogP contribution in [0.5, 0.6) is 0 Å². The van der Waals surface area contributed by atoms with Crippen molar-refractivity contribution in [2.24, 2.45) is 0 Å². The van der Waals surface area contributed by atoms with Crippen LogP contribution in [0.25, 0.3) is 0 Å². The number of nitriles is 1. The van der Waals surface area contributed by atoms with Gasteiger partial charge in [0.15, 0.2) is 0 Å². The molecule has 5 heteroatoms. The van der Waals surface area contributed by atoms with Crippen LogP contribution in [0.15, 0.2) is 0 Å². The summed E-state index contributed by atoms with van der Waals surface area (Å²) in [6.07, 6.45) is 2.42. The van der Waals surface area contributed by atoms with Gasteiger partial charge in [-0.15, -0.1) is 0 Å². The van der Waals surface area contributed by atoms with Crippen LogP contribution in [-0.4, -0.2) is 25.0 Å². The number of unbranched alkanes of at least 4 members (excludes halogenated alkanes) is 2. The molecule has 0 aromatic carbocycles. The third-order valence-corrected chi connectivity index (χ3v) is 1.89. The zero-order chi connectivity index (χ0) is 11.7. The van der Waals surface area contributed by atoms with Gasteiger partial charge < -0.3 is 10.1 Å². The molecule has 0 unspecified atom stereocenters. The van der Waals surface area contributed by atoms with Gasteiger partial charge >= 0.3 is 5.97 Å². The quantitative estimate of drug-likeness (QED) is 0.520. The molecule has 0 saturated carbocycles. The second-order valence-corrected chi connectivity index (χ2v) is 3.18. The number of amides is 1. The van der Waals surface area contributed by atoms with Crippen LogP contribution >= 0.6 is 0 Å². The fourth-order valence-corrected chi connectivity index (χ4v) is 1.19. The smallest absolute Gasteiger partial charge is 0.328 e. The van der Waals surface area contributed by atoms with Gasteiger partial charge in [-0.2, -0.15) is 5.26 Å². The number of esters is 1. The van der Waals surface area contributed by atoms with Crippen molar-refractivity contribution in [1.29, 1.82) is 5.26 Å². The topological polar surface area (TPSA) is 79.2 Å². The number of carbonyl (C=O) groups is 2. The summed E-state index contributed by atoms with van der Waals surface area (Å²) in [4.78, 5) is 22.0. The molecule has 0 aliphatic carbocycles. The van der Waals surface area contributed by atoms with Crippen LogP contribution in [0.1, 0.15) is 32.6 Å². The van der Waals surface area contributed by atoms with Gasteiger partial charge in [-0.05, 0) is 19.3 Å². The summed E-state index contributed by atoms with van der Waals surface area (Å²) in [5.74, 6) is -0.701. The molecule has 0 heterocycles. The van der Waals surface area contributed by atoms with E-state index in [2.05, 4.69) is 10.1 Å². The van der Waals surface area contributed by atoms with Gasteiger partial charge in [-0.3, -0.25) is 4.79 Å². The van der Waals surface area contributed by atoms with Crippen molar-refractivity contribution in [3.63, 3.8) is 0 Å².